The zero-order valence-electron chi connectivity index (χ0n) is 7.20. The minimum Gasteiger partial charge on any atom is -0.388 e. The summed E-state index contributed by atoms with van der Waals surface area (Å²) < 4.78 is 0. The van der Waals surface area contributed by atoms with E-state index in [-0.39, 0.29) is 6.61 Å². The molecule has 0 fully saturated rings. The third kappa shape index (κ3) is 1.33. The van der Waals surface area contributed by atoms with E-state index in [1.54, 1.807) is 7.05 Å². The van der Waals surface area contributed by atoms with Crippen LogP contribution in [0.25, 0.3) is 11.2 Å². The second-order valence-corrected chi connectivity index (χ2v) is 2.66. The van der Waals surface area contributed by atoms with Crippen LogP contribution in [0.1, 0.15) is 5.82 Å². The lowest BCUT2D eigenvalue weighted by molar-refractivity contribution is 0.273. The summed E-state index contributed by atoms with van der Waals surface area (Å²) >= 11 is 0. The number of hydrogen-bond acceptors (Lipinski definition) is 4. The molecule has 0 spiro atoms. The van der Waals surface area contributed by atoms with Crippen molar-refractivity contribution in [2.45, 2.75) is 6.61 Å². The number of aromatic nitrogens is 3. The fourth-order valence-electron chi connectivity index (χ4n) is 1.16. The van der Waals surface area contributed by atoms with Crippen LogP contribution in [-0.4, -0.2) is 27.1 Å². The normalized spacial score (nSPS) is 10.6. The number of aliphatic hydroxyl groups excluding tert-OH is 1. The monoisotopic (exact) mass is 178 g/mol. The number of H-pyrrole nitrogens is 1. The van der Waals surface area contributed by atoms with E-state index in [0.717, 1.165) is 11.3 Å². The molecule has 5 nitrogen and oxygen atoms in total. The van der Waals surface area contributed by atoms with Gasteiger partial charge in [0.05, 0.1) is 5.52 Å². The van der Waals surface area contributed by atoms with Crippen molar-refractivity contribution in [3.63, 3.8) is 0 Å². The van der Waals surface area contributed by atoms with Crippen LogP contribution < -0.4 is 5.32 Å². The van der Waals surface area contributed by atoms with Gasteiger partial charge in [-0.1, -0.05) is 0 Å². The van der Waals surface area contributed by atoms with Crippen molar-refractivity contribution in [1.82, 2.24) is 15.0 Å². The van der Waals surface area contributed by atoms with Gasteiger partial charge in [0.2, 0.25) is 0 Å². The van der Waals surface area contributed by atoms with Crippen molar-refractivity contribution in [3.05, 3.63) is 18.0 Å². The number of anilines is 1. The molecule has 0 radical (unpaired) electrons. The maximum absolute atomic E-state index is 8.83. The third-order valence-corrected chi connectivity index (χ3v) is 1.80. The Morgan fingerprint density at radius 1 is 1.46 bits per heavy atom. The molecule has 2 aromatic heterocycles. The number of pyridine rings is 1. The Morgan fingerprint density at radius 3 is 3.00 bits per heavy atom. The van der Waals surface area contributed by atoms with Crippen molar-refractivity contribution >= 4 is 17.0 Å². The molecule has 0 atom stereocenters. The van der Waals surface area contributed by atoms with Gasteiger partial charge < -0.3 is 15.4 Å². The summed E-state index contributed by atoms with van der Waals surface area (Å²) in [5.41, 5.74) is 1.46. The van der Waals surface area contributed by atoms with Crippen molar-refractivity contribution in [3.8, 4) is 0 Å². The summed E-state index contributed by atoms with van der Waals surface area (Å²) in [6, 6.07) is 3.72. The maximum Gasteiger partial charge on any atom is 0.179 e. The van der Waals surface area contributed by atoms with E-state index in [1.807, 2.05) is 12.1 Å². The first-order valence-corrected chi connectivity index (χ1v) is 3.97. The van der Waals surface area contributed by atoms with Crippen LogP contribution in [0.3, 0.4) is 0 Å². The highest BCUT2D eigenvalue weighted by atomic mass is 16.3. The van der Waals surface area contributed by atoms with Gasteiger partial charge in [0.1, 0.15) is 18.2 Å². The van der Waals surface area contributed by atoms with Gasteiger partial charge in [0.15, 0.2) is 5.65 Å². The molecular weight excluding hydrogens is 168 g/mol. The zero-order chi connectivity index (χ0) is 9.26. The van der Waals surface area contributed by atoms with Crippen LogP contribution in [0.15, 0.2) is 12.1 Å². The van der Waals surface area contributed by atoms with Crippen molar-refractivity contribution < 1.29 is 5.11 Å². The molecule has 0 aromatic carbocycles. The van der Waals surface area contributed by atoms with E-state index >= 15 is 0 Å². The summed E-state index contributed by atoms with van der Waals surface area (Å²) in [6.45, 7) is -0.0920. The summed E-state index contributed by atoms with van der Waals surface area (Å²) in [7, 11) is 1.80. The molecule has 0 aliphatic rings. The lowest BCUT2D eigenvalue weighted by atomic mass is 10.4. The van der Waals surface area contributed by atoms with Crippen LogP contribution in [0.4, 0.5) is 5.82 Å². The first-order chi connectivity index (χ1) is 6.33. The molecule has 2 heterocycles. The third-order valence-electron chi connectivity index (χ3n) is 1.80. The topological polar surface area (TPSA) is 73.8 Å². The number of rotatable bonds is 2. The van der Waals surface area contributed by atoms with Gasteiger partial charge in [0.25, 0.3) is 0 Å². The smallest absolute Gasteiger partial charge is 0.179 e. The predicted molar refractivity (Wildman–Crippen MR) is 49.4 cm³/mol. The molecule has 0 aliphatic carbocycles. The van der Waals surface area contributed by atoms with Gasteiger partial charge in [0, 0.05) is 7.05 Å². The molecule has 3 N–H and O–H groups in total. The van der Waals surface area contributed by atoms with Gasteiger partial charge in [-0.25, -0.2) is 9.97 Å². The average Bonchev–Trinajstić information content (AvgIpc) is 2.58. The molecule has 2 aromatic rings. The van der Waals surface area contributed by atoms with Crippen molar-refractivity contribution in [2.24, 2.45) is 0 Å². The largest absolute Gasteiger partial charge is 0.388 e. The standard InChI is InChI=1S/C8H10N4O/c1-9-6-3-2-5-8(11-6)12-7(4-13)10-5/h2-3,13H,4H2,1H3,(H2,9,10,11,12). The average molecular weight is 178 g/mol. The number of aliphatic hydroxyl groups is 1. The maximum atomic E-state index is 8.83. The highest BCUT2D eigenvalue weighted by Gasteiger charge is 2.02. The Balaban J connectivity index is 2.57. The minimum atomic E-state index is -0.0920. The van der Waals surface area contributed by atoms with E-state index in [2.05, 4.69) is 20.3 Å². The lowest BCUT2D eigenvalue weighted by Gasteiger charge is -1.95. The molecule has 2 rings (SSSR count). The molecule has 68 valence electrons. The number of nitrogens with one attached hydrogen (secondary N) is 2. The van der Waals surface area contributed by atoms with Gasteiger partial charge >= 0.3 is 0 Å². The van der Waals surface area contributed by atoms with E-state index in [4.69, 9.17) is 5.11 Å². The van der Waals surface area contributed by atoms with Gasteiger partial charge in [-0.3, -0.25) is 0 Å². The van der Waals surface area contributed by atoms with Crippen LogP contribution >= 0.6 is 0 Å². The van der Waals surface area contributed by atoms with Gasteiger partial charge in [-0.05, 0) is 12.1 Å². The Hall–Kier alpha value is -1.62. The molecule has 0 saturated carbocycles. The summed E-state index contributed by atoms with van der Waals surface area (Å²) in [6.07, 6.45) is 0. The Morgan fingerprint density at radius 2 is 2.31 bits per heavy atom. The molecule has 0 amide bonds. The van der Waals surface area contributed by atoms with Crippen molar-refractivity contribution in [2.75, 3.05) is 12.4 Å². The summed E-state index contributed by atoms with van der Waals surface area (Å²) in [4.78, 5) is 11.2. The van der Waals surface area contributed by atoms with Crippen LogP contribution in [0.2, 0.25) is 0 Å². The minimum absolute atomic E-state index is 0.0920. The number of nitrogens with zero attached hydrogens (tertiary/aromatic N) is 2. The van der Waals surface area contributed by atoms with Crippen LogP contribution in [0, 0.1) is 0 Å². The Kier molecular flexibility index (Phi) is 1.86. The SMILES string of the molecule is CNc1ccc2[nH]c(CO)nc2n1. The molecule has 0 bridgehead atoms. The predicted octanol–water partition coefficient (Wildman–Crippen LogP) is 0.492. The van der Waals surface area contributed by atoms with Gasteiger partial charge in [-0.2, -0.15) is 0 Å². The van der Waals surface area contributed by atoms with E-state index < -0.39 is 0 Å². The Labute approximate surface area is 74.8 Å². The highest BCUT2D eigenvalue weighted by molar-refractivity contribution is 5.72. The highest BCUT2D eigenvalue weighted by Crippen LogP contribution is 2.12. The molecular formula is C8H10N4O. The van der Waals surface area contributed by atoms with Gasteiger partial charge in [-0.15, -0.1) is 0 Å². The second-order valence-electron chi connectivity index (χ2n) is 2.66. The second kappa shape index (κ2) is 3.02. The zero-order valence-corrected chi connectivity index (χ0v) is 7.20. The van der Waals surface area contributed by atoms with E-state index in [0.29, 0.717) is 11.5 Å². The quantitative estimate of drug-likeness (QED) is 0.625. The lowest BCUT2D eigenvalue weighted by Crippen LogP contribution is -1.91. The molecule has 0 saturated heterocycles. The number of hydrogen-bond donors (Lipinski definition) is 3. The molecule has 0 unspecified atom stereocenters. The number of fused-ring (bicyclic) bond motifs is 1. The van der Waals surface area contributed by atoms with Crippen LogP contribution in [-0.2, 0) is 6.61 Å². The summed E-state index contributed by atoms with van der Waals surface area (Å²) in [5.74, 6) is 1.30. The fourth-order valence-corrected chi connectivity index (χ4v) is 1.16. The first-order valence-electron chi connectivity index (χ1n) is 3.97. The van der Waals surface area contributed by atoms with Crippen LogP contribution in [0.5, 0.6) is 0 Å². The molecule has 5 heteroatoms. The molecule has 13 heavy (non-hydrogen) atoms. The summed E-state index contributed by atoms with van der Waals surface area (Å²) in [5, 5.41) is 11.7. The fraction of sp³-hybridized carbons (Fsp3) is 0.250. The van der Waals surface area contributed by atoms with Crippen molar-refractivity contribution in [1.29, 1.82) is 0 Å². The Bertz CT molecular complexity index is 421. The number of aromatic amines is 1. The first kappa shape index (κ1) is 8.00. The number of imidazole rings is 1. The van der Waals surface area contributed by atoms with E-state index in [9.17, 15) is 0 Å². The van der Waals surface area contributed by atoms with E-state index in [1.165, 1.54) is 0 Å². The molecule has 0 aliphatic heterocycles.